The Morgan fingerprint density at radius 3 is 2.52 bits per heavy atom. The predicted octanol–water partition coefficient (Wildman–Crippen LogP) is 2.79. The molecule has 2 aromatic rings. The van der Waals surface area contributed by atoms with Crippen molar-refractivity contribution in [1.82, 2.24) is 5.32 Å². The van der Waals surface area contributed by atoms with Gasteiger partial charge in [0.25, 0.3) is 5.91 Å². The Balaban J connectivity index is 2.22. The summed E-state index contributed by atoms with van der Waals surface area (Å²) in [7, 11) is 0. The first-order valence-electron chi connectivity index (χ1n) is 7.28. The number of carbonyl (C=O) groups is 1. The molecule has 112 valence electrons. The zero-order valence-electron chi connectivity index (χ0n) is 12.5. The van der Waals surface area contributed by atoms with Gasteiger partial charge in [-0.05, 0) is 24.3 Å². The molecule has 0 aliphatic rings. The molecule has 2 rings (SSSR count). The summed E-state index contributed by atoms with van der Waals surface area (Å²) in [5.74, 6) is -0.281. The zero-order valence-corrected chi connectivity index (χ0v) is 12.5. The fourth-order valence-corrected chi connectivity index (χ4v) is 2.29. The highest BCUT2D eigenvalue weighted by atomic mass is 16.3. The first kappa shape index (κ1) is 15.3. The summed E-state index contributed by atoms with van der Waals surface area (Å²) in [6, 6.07) is 10.9. The zero-order chi connectivity index (χ0) is 15.5. The minimum Gasteiger partial charge on any atom is -0.506 e. The molecule has 0 aliphatic carbocycles. The molecular formula is C17H22N2O2. The number of rotatable bonds is 5. The van der Waals surface area contributed by atoms with Crippen LogP contribution in [-0.4, -0.2) is 23.1 Å². The van der Waals surface area contributed by atoms with Crippen LogP contribution in [0.2, 0.25) is 0 Å². The molecule has 0 aromatic heterocycles. The average Bonchev–Trinajstić information content (AvgIpc) is 2.53. The molecule has 0 spiro atoms. The van der Waals surface area contributed by atoms with Crippen molar-refractivity contribution >= 4 is 16.7 Å². The van der Waals surface area contributed by atoms with Gasteiger partial charge in [-0.3, -0.25) is 4.79 Å². The maximum absolute atomic E-state index is 12.3. The van der Waals surface area contributed by atoms with Crippen molar-refractivity contribution in [1.29, 1.82) is 0 Å². The second kappa shape index (κ2) is 6.14. The highest BCUT2D eigenvalue weighted by molar-refractivity contribution is 6.03. The van der Waals surface area contributed by atoms with Gasteiger partial charge >= 0.3 is 0 Å². The van der Waals surface area contributed by atoms with Gasteiger partial charge in [-0.15, -0.1) is 0 Å². The lowest BCUT2D eigenvalue weighted by molar-refractivity contribution is 0.0939. The third-order valence-electron chi connectivity index (χ3n) is 4.15. The van der Waals surface area contributed by atoms with E-state index in [4.69, 9.17) is 5.73 Å². The van der Waals surface area contributed by atoms with Gasteiger partial charge in [0.2, 0.25) is 0 Å². The minimum absolute atomic E-state index is 0.0150. The maximum Gasteiger partial charge on any atom is 0.255 e. The summed E-state index contributed by atoms with van der Waals surface area (Å²) in [6.45, 7) is 4.40. The normalized spacial score (nSPS) is 11.6. The van der Waals surface area contributed by atoms with Crippen LogP contribution < -0.4 is 11.1 Å². The second-order valence-corrected chi connectivity index (χ2v) is 5.44. The van der Waals surface area contributed by atoms with Crippen molar-refractivity contribution in [2.75, 3.05) is 6.54 Å². The maximum atomic E-state index is 12.3. The van der Waals surface area contributed by atoms with Crippen molar-refractivity contribution in [2.24, 2.45) is 5.73 Å². The predicted molar refractivity (Wildman–Crippen MR) is 85.4 cm³/mol. The number of phenols is 1. The smallest absolute Gasteiger partial charge is 0.255 e. The Kier molecular flexibility index (Phi) is 4.48. The van der Waals surface area contributed by atoms with Crippen molar-refractivity contribution in [3.63, 3.8) is 0 Å². The number of aromatic hydroxyl groups is 1. The molecule has 4 N–H and O–H groups in total. The molecule has 0 saturated heterocycles. The molecule has 0 fully saturated rings. The van der Waals surface area contributed by atoms with Gasteiger partial charge in [0.05, 0.1) is 5.56 Å². The Labute approximate surface area is 125 Å². The molecule has 0 aliphatic heterocycles. The van der Waals surface area contributed by atoms with E-state index >= 15 is 0 Å². The van der Waals surface area contributed by atoms with E-state index in [-0.39, 0.29) is 17.2 Å². The first-order valence-corrected chi connectivity index (χ1v) is 7.28. The number of nitrogens with two attached hydrogens (primary N) is 1. The van der Waals surface area contributed by atoms with Crippen LogP contribution in [-0.2, 0) is 0 Å². The molecule has 0 saturated carbocycles. The van der Waals surface area contributed by atoms with Crippen molar-refractivity contribution in [2.45, 2.75) is 32.2 Å². The number of phenolic OH excluding ortho intramolecular Hbond substituents is 1. The molecule has 2 aromatic carbocycles. The summed E-state index contributed by atoms with van der Waals surface area (Å²) in [4.78, 5) is 12.3. The monoisotopic (exact) mass is 286 g/mol. The highest BCUT2D eigenvalue weighted by Gasteiger charge is 2.22. The van der Waals surface area contributed by atoms with Crippen LogP contribution in [0.3, 0.4) is 0 Å². The van der Waals surface area contributed by atoms with Crippen molar-refractivity contribution < 1.29 is 9.90 Å². The van der Waals surface area contributed by atoms with Crippen molar-refractivity contribution in [3.8, 4) is 5.75 Å². The van der Waals surface area contributed by atoms with Crippen LogP contribution in [0.5, 0.6) is 5.75 Å². The van der Waals surface area contributed by atoms with E-state index in [1.807, 2.05) is 38.1 Å². The number of hydrogen-bond donors (Lipinski definition) is 3. The Bertz CT molecular complexity index is 648. The average molecular weight is 286 g/mol. The van der Waals surface area contributed by atoms with E-state index in [9.17, 15) is 9.90 Å². The molecule has 0 bridgehead atoms. The van der Waals surface area contributed by atoms with Gasteiger partial charge in [-0.25, -0.2) is 0 Å². The Morgan fingerprint density at radius 2 is 1.86 bits per heavy atom. The van der Waals surface area contributed by atoms with Crippen LogP contribution in [0.4, 0.5) is 0 Å². The third-order valence-corrected chi connectivity index (χ3v) is 4.15. The SMILES string of the molecule is CCC(N)(CC)CNC(=O)c1ccc2ccccc2c1O. The summed E-state index contributed by atoms with van der Waals surface area (Å²) in [6.07, 6.45) is 1.57. The topological polar surface area (TPSA) is 75.3 Å². The Hall–Kier alpha value is -2.07. The molecule has 0 heterocycles. The fourth-order valence-electron chi connectivity index (χ4n) is 2.29. The van der Waals surface area contributed by atoms with Gasteiger partial charge in [-0.1, -0.05) is 44.2 Å². The lowest BCUT2D eigenvalue weighted by Gasteiger charge is -2.26. The van der Waals surface area contributed by atoms with E-state index < -0.39 is 5.54 Å². The van der Waals surface area contributed by atoms with Crippen molar-refractivity contribution in [3.05, 3.63) is 42.0 Å². The largest absolute Gasteiger partial charge is 0.506 e. The number of carbonyl (C=O) groups excluding carboxylic acids is 1. The van der Waals surface area contributed by atoms with E-state index in [1.165, 1.54) is 0 Å². The minimum atomic E-state index is -0.401. The molecule has 4 heteroatoms. The summed E-state index contributed by atoms with van der Waals surface area (Å²) in [5, 5.41) is 14.7. The molecular weight excluding hydrogens is 264 g/mol. The lowest BCUT2D eigenvalue weighted by atomic mass is 9.94. The van der Waals surface area contributed by atoms with Gasteiger partial charge in [0.15, 0.2) is 0 Å². The number of hydrogen-bond acceptors (Lipinski definition) is 3. The van der Waals surface area contributed by atoms with Crippen LogP contribution in [0, 0.1) is 0 Å². The fraction of sp³-hybridized carbons (Fsp3) is 0.353. The van der Waals surface area contributed by atoms with Gasteiger partial charge in [-0.2, -0.15) is 0 Å². The summed E-state index contributed by atoms with van der Waals surface area (Å²) in [5.41, 5.74) is 6.05. The molecule has 0 unspecified atom stereocenters. The quantitative estimate of drug-likeness (QED) is 0.791. The van der Waals surface area contributed by atoms with E-state index in [0.717, 1.165) is 18.2 Å². The molecule has 1 amide bonds. The summed E-state index contributed by atoms with van der Waals surface area (Å²) >= 11 is 0. The summed E-state index contributed by atoms with van der Waals surface area (Å²) < 4.78 is 0. The molecule has 4 nitrogen and oxygen atoms in total. The van der Waals surface area contributed by atoms with E-state index in [1.54, 1.807) is 12.1 Å². The number of amides is 1. The number of benzene rings is 2. The molecule has 0 atom stereocenters. The van der Waals surface area contributed by atoms with E-state index in [0.29, 0.717) is 11.9 Å². The number of fused-ring (bicyclic) bond motifs is 1. The van der Waals surface area contributed by atoms with Crippen LogP contribution in [0.15, 0.2) is 36.4 Å². The first-order chi connectivity index (χ1) is 10.0. The standard InChI is InChI=1S/C17H22N2O2/c1-3-17(18,4-2)11-19-16(21)14-10-9-12-7-5-6-8-13(12)15(14)20/h5-10,20H,3-4,11,18H2,1-2H3,(H,19,21). The highest BCUT2D eigenvalue weighted by Crippen LogP contribution is 2.28. The third kappa shape index (κ3) is 3.16. The Morgan fingerprint density at radius 1 is 1.19 bits per heavy atom. The second-order valence-electron chi connectivity index (χ2n) is 5.44. The molecule has 0 radical (unpaired) electrons. The van der Waals surface area contributed by atoms with Gasteiger partial charge < -0.3 is 16.2 Å². The van der Waals surface area contributed by atoms with Crippen LogP contribution >= 0.6 is 0 Å². The van der Waals surface area contributed by atoms with Gasteiger partial charge in [0, 0.05) is 17.5 Å². The van der Waals surface area contributed by atoms with Crippen LogP contribution in [0.1, 0.15) is 37.0 Å². The van der Waals surface area contributed by atoms with Gasteiger partial charge in [0.1, 0.15) is 5.75 Å². The van der Waals surface area contributed by atoms with Crippen LogP contribution in [0.25, 0.3) is 10.8 Å². The lowest BCUT2D eigenvalue weighted by Crippen LogP contribution is -2.49. The van der Waals surface area contributed by atoms with E-state index in [2.05, 4.69) is 5.32 Å². The number of nitrogens with one attached hydrogen (secondary N) is 1. The molecule has 21 heavy (non-hydrogen) atoms.